The lowest BCUT2D eigenvalue weighted by Crippen LogP contribution is -2.30. The van der Waals surface area contributed by atoms with Gasteiger partial charge < -0.3 is 15.6 Å². The van der Waals surface area contributed by atoms with Crippen LogP contribution in [0.3, 0.4) is 0 Å². The number of imidazole rings is 1. The SMILES string of the molecule is CCC(NC(=O)CCNC)c1ncc(-c2ccccc2)[nH]1. The van der Waals surface area contributed by atoms with Crippen molar-refractivity contribution in [3.63, 3.8) is 0 Å². The molecule has 1 aromatic carbocycles. The summed E-state index contributed by atoms with van der Waals surface area (Å²) in [6.45, 7) is 2.71. The normalized spacial score (nSPS) is 12.1. The van der Waals surface area contributed by atoms with E-state index in [0.29, 0.717) is 13.0 Å². The molecule has 0 fully saturated rings. The number of carbonyl (C=O) groups is 1. The monoisotopic (exact) mass is 286 g/mol. The van der Waals surface area contributed by atoms with E-state index in [9.17, 15) is 4.79 Å². The number of amides is 1. The molecule has 5 heteroatoms. The molecule has 0 radical (unpaired) electrons. The van der Waals surface area contributed by atoms with E-state index in [2.05, 4.69) is 20.6 Å². The first-order valence-corrected chi connectivity index (χ1v) is 7.29. The summed E-state index contributed by atoms with van der Waals surface area (Å²) in [6, 6.07) is 9.96. The van der Waals surface area contributed by atoms with Crippen LogP contribution < -0.4 is 10.6 Å². The van der Waals surface area contributed by atoms with Crippen LogP contribution in [-0.2, 0) is 4.79 Å². The fraction of sp³-hybridized carbons (Fsp3) is 0.375. The molecule has 0 bridgehead atoms. The second-order valence-electron chi connectivity index (χ2n) is 4.93. The molecule has 0 saturated carbocycles. The molecular weight excluding hydrogens is 264 g/mol. The molecule has 21 heavy (non-hydrogen) atoms. The Morgan fingerprint density at radius 3 is 2.76 bits per heavy atom. The van der Waals surface area contributed by atoms with E-state index >= 15 is 0 Å². The lowest BCUT2D eigenvalue weighted by molar-refractivity contribution is -0.121. The molecule has 1 unspecified atom stereocenters. The van der Waals surface area contributed by atoms with Crippen molar-refractivity contribution in [2.75, 3.05) is 13.6 Å². The van der Waals surface area contributed by atoms with Gasteiger partial charge >= 0.3 is 0 Å². The number of benzene rings is 1. The molecule has 3 N–H and O–H groups in total. The summed E-state index contributed by atoms with van der Waals surface area (Å²) in [5.41, 5.74) is 2.06. The minimum absolute atomic E-state index is 0.0360. The summed E-state index contributed by atoms with van der Waals surface area (Å²) >= 11 is 0. The van der Waals surface area contributed by atoms with Crippen molar-refractivity contribution in [2.24, 2.45) is 0 Å². The van der Waals surface area contributed by atoms with Crippen molar-refractivity contribution < 1.29 is 4.79 Å². The molecular formula is C16H22N4O. The molecule has 1 atom stereocenters. The van der Waals surface area contributed by atoms with Crippen LogP contribution in [0.2, 0.25) is 0 Å². The van der Waals surface area contributed by atoms with Gasteiger partial charge in [-0.15, -0.1) is 0 Å². The highest BCUT2D eigenvalue weighted by atomic mass is 16.1. The minimum atomic E-state index is -0.0770. The Morgan fingerprint density at radius 2 is 2.10 bits per heavy atom. The largest absolute Gasteiger partial charge is 0.346 e. The maximum Gasteiger partial charge on any atom is 0.221 e. The Kier molecular flexibility index (Phi) is 5.51. The van der Waals surface area contributed by atoms with E-state index in [4.69, 9.17) is 0 Å². The van der Waals surface area contributed by atoms with Gasteiger partial charge in [-0.2, -0.15) is 0 Å². The lowest BCUT2D eigenvalue weighted by Gasteiger charge is -2.14. The van der Waals surface area contributed by atoms with Crippen LogP contribution >= 0.6 is 0 Å². The number of hydrogen-bond donors (Lipinski definition) is 3. The summed E-state index contributed by atoms with van der Waals surface area (Å²) in [7, 11) is 1.84. The number of hydrogen-bond acceptors (Lipinski definition) is 3. The highest BCUT2D eigenvalue weighted by molar-refractivity contribution is 5.76. The Labute approximate surface area is 125 Å². The van der Waals surface area contributed by atoms with Crippen LogP contribution in [-0.4, -0.2) is 29.5 Å². The number of rotatable bonds is 7. The fourth-order valence-corrected chi connectivity index (χ4v) is 2.15. The van der Waals surface area contributed by atoms with Gasteiger partial charge in [-0.3, -0.25) is 4.79 Å². The molecule has 1 amide bonds. The van der Waals surface area contributed by atoms with Gasteiger partial charge in [0.05, 0.1) is 17.9 Å². The standard InChI is InChI=1S/C16H22N4O/c1-3-13(19-15(21)9-10-17-2)16-18-11-14(20-16)12-7-5-4-6-8-12/h4-8,11,13,17H,3,9-10H2,1-2H3,(H,18,20)(H,19,21). The first kappa shape index (κ1) is 15.3. The lowest BCUT2D eigenvalue weighted by atomic mass is 10.2. The third kappa shape index (κ3) is 4.16. The number of aromatic nitrogens is 2. The summed E-state index contributed by atoms with van der Waals surface area (Å²) in [4.78, 5) is 19.5. The first-order valence-electron chi connectivity index (χ1n) is 7.29. The van der Waals surface area contributed by atoms with E-state index in [-0.39, 0.29) is 11.9 Å². The molecule has 5 nitrogen and oxygen atoms in total. The van der Waals surface area contributed by atoms with E-state index in [0.717, 1.165) is 23.5 Å². The Balaban J connectivity index is 2.06. The van der Waals surface area contributed by atoms with Gasteiger partial charge in [-0.1, -0.05) is 37.3 Å². The van der Waals surface area contributed by atoms with E-state index < -0.39 is 0 Å². The Bertz CT molecular complexity index is 565. The number of nitrogens with one attached hydrogen (secondary N) is 3. The maximum absolute atomic E-state index is 11.8. The van der Waals surface area contributed by atoms with Crippen LogP contribution in [0.15, 0.2) is 36.5 Å². The zero-order valence-corrected chi connectivity index (χ0v) is 12.5. The molecule has 112 valence electrons. The topological polar surface area (TPSA) is 69.8 Å². The third-order valence-corrected chi connectivity index (χ3v) is 3.36. The van der Waals surface area contributed by atoms with Gasteiger partial charge in [-0.25, -0.2) is 4.98 Å². The summed E-state index contributed by atoms with van der Waals surface area (Å²) < 4.78 is 0. The van der Waals surface area contributed by atoms with Crippen LogP contribution in [0.25, 0.3) is 11.3 Å². The van der Waals surface area contributed by atoms with Crippen molar-refractivity contribution in [2.45, 2.75) is 25.8 Å². The van der Waals surface area contributed by atoms with Gasteiger partial charge in [0.25, 0.3) is 0 Å². The van der Waals surface area contributed by atoms with Crippen molar-refractivity contribution in [1.82, 2.24) is 20.6 Å². The molecule has 0 spiro atoms. The van der Waals surface area contributed by atoms with Gasteiger partial charge in [0, 0.05) is 13.0 Å². The van der Waals surface area contributed by atoms with Crippen molar-refractivity contribution in [3.05, 3.63) is 42.4 Å². The zero-order valence-electron chi connectivity index (χ0n) is 12.5. The zero-order chi connectivity index (χ0) is 15.1. The summed E-state index contributed by atoms with van der Waals surface area (Å²) in [6.07, 6.45) is 3.08. The number of H-pyrrole nitrogens is 1. The van der Waals surface area contributed by atoms with Crippen LogP contribution in [0.5, 0.6) is 0 Å². The first-order chi connectivity index (χ1) is 10.2. The predicted octanol–water partition coefficient (Wildman–Crippen LogP) is 2.25. The molecule has 2 aromatic rings. The van der Waals surface area contributed by atoms with Gasteiger partial charge in [0.1, 0.15) is 5.82 Å². The van der Waals surface area contributed by atoms with Crippen LogP contribution in [0.1, 0.15) is 31.6 Å². The number of aromatic amines is 1. The van der Waals surface area contributed by atoms with Crippen molar-refractivity contribution in [1.29, 1.82) is 0 Å². The van der Waals surface area contributed by atoms with Gasteiger partial charge in [-0.05, 0) is 19.0 Å². The molecule has 1 aromatic heterocycles. The van der Waals surface area contributed by atoms with E-state index in [1.54, 1.807) is 0 Å². The van der Waals surface area contributed by atoms with E-state index in [1.807, 2.05) is 50.5 Å². The molecule has 2 rings (SSSR count). The minimum Gasteiger partial charge on any atom is -0.346 e. The van der Waals surface area contributed by atoms with Crippen LogP contribution in [0.4, 0.5) is 0 Å². The maximum atomic E-state index is 11.8. The summed E-state index contributed by atoms with van der Waals surface area (Å²) in [5, 5.41) is 5.98. The average Bonchev–Trinajstić information content (AvgIpc) is 3.01. The summed E-state index contributed by atoms with van der Waals surface area (Å²) in [5.74, 6) is 0.836. The predicted molar refractivity (Wildman–Crippen MR) is 83.7 cm³/mol. The van der Waals surface area contributed by atoms with Crippen LogP contribution in [0, 0.1) is 0 Å². The number of nitrogens with zero attached hydrogens (tertiary/aromatic N) is 1. The second-order valence-corrected chi connectivity index (χ2v) is 4.93. The van der Waals surface area contributed by atoms with Crippen molar-refractivity contribution >= 4 is 5.91 Å². The van der Waals surface area contributed by atoms with E-state index in [1.165, 1.54) is 0 Å². The molecule has 0 aliphatic heterocycles. The second kappa shape index (κ2) is 7.59. The van der Waals surface area contributed by atoms with Gasteiger partial charge in [0.2, 0.25) is 5.91 Å². The Morgan fingerprint density at radius 1 is 1.33 bits per heavy atom. The molecule has 0 saturated heterocycles. The van der Waals surface area contributed by atoms with Crippen molar-refractivity contribution in [3.8, 4) is 11.3 Å². The fourth-order valence-electron chi connectivity index (χ4n) is 2.15. The molecule has 0 aliphatic carbocycles. The molecule has 1 heterocycles. The Hall–Kier alpha value is -2.14. The highest BCUT2D eigenvalue weighted by Crippen LogP contribution is 2.20. The van der Waals surface area contributed by atoms with Gasteiger partial charge in [0.15, 0.2) is 0 Å². The average molecular weight is 286 g/mol. The number of carbonyl (C=O) groups excluding carboxylic acids is 1. The third-order valence-electron chi connectivity index (χ3n) is 3.36. The quantitative estimate of drug-likeness (QED) is 0.731. The highest BCUT2D eigenvalue weighted by Gasteiger charge is 2.16. The molecule has 0 aliphatic rings. The smallest absolute Gasteiger partial charge is 0.221 e.